The number of nitrogens with zero attached hydrogens (tertiary/aromatic N) is 1. The van der Waals surface area contributed by atoms with Crippen molar-refractivity contribution in [2.75, 3.05) is 94.3 Å². The molecule has 8 heteroatoms. The number of methoxy groups -OCH3 is 4. The zero-order chi connectivity index (χ0) is 21.4. The highest BCUT2D eigenvalue weighted by molar-refractivity contribution is 5.26. The molecule has 0 heterocycles. The molecule has 0 amide bonds. The first-order valence-corrected chi connectivity index (χ1v) is 10.1. The molecule has 0 aromatic heterocycles. The van der Waals surface area contributed by atoms with Crippen molar-refractivity contribution >= 4 is 0 Å². The highest BCUT2D eigenvalue weighted by Gasteiger charge is 2.38. The average Bonchev–Trinajstić information content (AvgIpc) is 2.74. The SMILES string of the molecule is COCCN(CCOC)CCOCCOCCOC1C(OC)=CC=CC1(C)OC. The van der Waals surface area contributed by atoms with Crippen LogP contribution in [0.3, 0.4) is 0 Å². The van der Waals surface area contributed by atoms with Crippen molar-refractivity contribution in [2.45, 2.75) is 18.6 Å². The van der Waals surface area contributed by atoms with Gasteiger partial charge in [-0.1, -0.05) is 6.08 Å². The molecule has 0 radical (unpaired) electrons. The number of allylic oxidation sites excluding steroid dienone is 2. The summed E-state index contributed by atoms with van der Waals surface area (Å²) in [5.41, 5.74) is -0.555. The molecule has 8 nitrogen and oxygen atoms in total. The van der Waals surface area contributed by atoms with E-state index < -0.39 is 5.60 Å². The molecule has 2 atom stereocenters. The van der Waals surface area contributed by atoms with Crippen LogP contribution in [-0.4, -0.2) is 111 Å². The standard InChI is InChI=1S/C21H39NO7/c1-21(26-5)8-6-7-19(25-4)20(21)29-18-17-28-16-15-27-14-11-22(9-12-23-2)10-13-24-3/h6-8,20H,9-18H2,1-5H3. The van der Waals surface area contributed by atoms with Gasteiger partial charge in [0, 0.05) is 41.0 Å². The molecule has 1 aliphatic carbocycles. The molecule has 2 unspecified atom stereocenters. The Balaban J connectivity index is 2.13. The molecule has 0 aromatic rings. The summed E-state index contributed by atoms with van der Waals surface area (Å²) in [5.74, 6) is 0.742. The molecule has 0 saturated carbocycles. The summed E-state index contributed by atoms with van der Waals surface area (Å²) in [6, 6.07) is 0. The van der Waals surface area contributed by atoms with E-state index in [-0.39, 0.29) is 6.10 Å². The summed E-state index contributed by atoms with van der Waals surface area (Å²) in [6.07, 6.45) is 5.48. The Morgan fingerprint density at radius 1 is 0.828 bits per heavy atom. The first kappa shape index (κ1) is 26.0. The van der Waals surface area contributed by atoms with Crippen molar-refractivity contribution in [1.82, 2.24) is 4.90 Å². The van der Waals surface area contributed by atoms with Crippen LogP contribution < -0.4 is 0 Å². The summed E-state index contributed by atoms with van der Waals surface area (Å²) in [5, 5.41) is 0. The predicted octanol–water partition coefficient (Wildman–Crippen LogP) is 1.50. The van der Waals surface area contributed by atoms with E-state index in [9.17, 15) is 0 Å². The molecular weight excluding hydrogens is 378 g/mol. The zero-order valence-corrected chi connectivity index (χ0v) is 18.7. The van der Waals surface area contributed by atoms with Crippen LogP contribution in [0.2, 0.25) is 0 Å². The summed E-state index contributed by atoms with van der Waals surface area (Å²) in [7, 11) is 6.72. The number of hydrogen-bond donors (Lipinski definition) is 0. The summed E-state index contributed by atoms with van der Waals surface area (Å²) in [6.45, 7) is 8.59. The lowest BCUT2D eigenvalue weighted by atomic mass is 9.92. The van der Waals surface area contributed by atoms with E-state index in [1.807, 2.05) is 25.2 Å². The van der Waals surface area contributed by atoms with Crippen molar-refractivity contribution in [1.29, 1.82) is 0 Å². The van der Waals surface area contributed by atoms with Gasteiger partial charge >= 0.3 is 0 Å². The van der Waals surface area contributed by atoms with Gasteiger partial charge in [-0.15, -0.1) is 0 Å². The quantitative estimate of drug-likeness (QED) is 0.311. The predicted molar refractivity (Wildman–Crippen MR) is 111 cm³/mol. The van der Waals surface area contributed by atoms with Crippen molar-refractivity contribution < 1.29 is 33.2 Å². The lowest BCUT2D eigenvalue weighted by Crippen LogP contribution is -2.44. The van der Waals surface area contributed by atoms with E-state index in [1.54, 1.807) is 28.4 Å². The van der Waals surface area contributed by atoms with Crippen LogP contribution in [0.1, 0.15) is 6.92 Å². The van der Waals surface area contributed by atoms with Crippen molar-refractivity contribution in [3.8, 4) is 0 Å². The number of hydrogen-bond acceptors (Lipinski definition) is 8. The van der Waals surface area contributed by atoms with Gasteiger partial charge in [0.2, 0.25) is 0 Å². The zero-order valence-electron chi connectivity index (χ0n) is 18.7. The third-order valence-corrected chi connectivity index (χ3v) is 4.80. The lowest BCUT2D eigenvalue weighted by molar-refractivity contribution is -0.104. The van der Waals surface area contributed by atoms with Gasteiger partial charge in [0.1, 0.15) is 17.5 Å². The van der Waals surface area contributed by atoms with Gasteiger partial charge in [0.25, 0.3) is 0 Å². The Hall–Kier alpha value is -1.00. The van der Waals surface area contributed by atoms with Crippen LogP contribution >= 0.6 is 0 Å². The van der Waals surface area contributed by atoms with Crippen molar-refractivity contribution in [3.63, 3.8) is 0 Å². The second kappa shape index (κ2) is 15.8. The van der Waals surface area contributed by atoms with Crippen LogP contribution in [0.25, 0.3) is 0 Å². The molecular formula is C21H39NO7. The lowest BCUT2D eigenvalue weighted by Gasteiger charge is -2.36. The van der Waals surface area contributed by atoms with Crippen LogP contribution in [0.5, 0.6) is 0 Å². The minimum absolute atomic E-state index is 0.299. The minimum atomic E-state index is -0.555. The number of rotatable bonds is 18. The fourth-order valence-electron chi connectivity index (χ4n) is 2.91. The monoisotopic (exact) mass is 417 g/mol. The Morgan fingerprint density at radius 3 is 2.00 bits per heavy atom. The minimum Gasteiger partial charge on any atom is -0.498 e. The maximum absolute atomic E-state index is 5.96. The van der Waals surface area contributed by atoms with Crippen molar-refractivity contribution in [3.05, 3.63) is 24.0 Å². The van der Waals surface area contributed by atoms with Gasteiger partial charge in [0.15, 0.2) is 0 Å². The molecule has 0 fully saturated rings. The van der Waals surface area contributed by atoms with Gasteiger partial charge < -0.3 is 33.2 Å². The Morgan fingerprint density at radius 2 is 1.41 bits per heavy atom. The molecule has 29 heavy (non-hydrogen) atoms. The van der Waals surface area contributed by atoms with E-state index in [0.717, 1.165) is 25.4 Å². The Kier molecular flexibility index (Phi) is 14.2. The molecule has 0 aliphatic heterocycles. The molecule has 0 saturated heterocycles. The first-order chi connectivity index (χ1) is 14.1. The van der Waals surface area contributed by atoms with Crippen LogP contribution in [0, 0.1) is 0 Å². The second-order valence-corrected chi connectivity index (χ2v) is 6.82. The summed E-state index contributed by atoms with van der Waals surface area (Å²) < 4.78 is 38.5. The average molecular weight is 418 g/mol. The highest BCUT2D eigenvalue weighted by Crippen LogP contribution is 2.29. The molecule has 170 valence electrons. The molecule has 0 spiro atoms. The van der Waals surface area contributed by atoms with E-state index >= 15 is 0 Å². The van der Waals surface area contributed by atoms with Gasteiger partial charge in [0.05, 0.1) is 53.4 Å². The first-order valence-electron chi connectivity index (χ1n) is 10.1. The van der Waals surface area contributed by atoms with Gasteiger partial charge in [-0.2, -0.15) is 0 Å². The van der Waals surface area contributed by atoms with E-state index in [2.05, 4.69) is 4.90 Å². The molecule has 1 aliphatic rings. The summed E-state index contributed by atoms with van der Waals surface area (Å²) in [4.78, 5) is 2.26. The third kappa shape index (κ3) is 10.0. The number of ether oxygens (including phenoxy) is 7. The van der Waals surface area contributed by atoms with E-state index in [4.69, 9.17) is 33.2 Å². The van der Waals surface area contributed by atoms with Crippen molar-refractivity contribution in [2.24, 2.45) is 0 Å². The Labute approximate surface area is 175 Å². The maximum atomic E-state index is 5.96. The van der Waals surface area contributed by atoms with Crippen LogP contribution in [0.4, 0.5) is 0 Å². The third-order valence-electron chi connectivity index (χ3n) is 4.80. The van der Waals surface area contributed by atoms with E-state index in [0.29, 0.717) is 46.2 Å². The van der Waals surface area contributed by atoms with Crippen LogP contribution in [0.15, 0.2) is 24.0 Å². The normalized spacial score (nSPS) is 21.6. The fraction of sp³-hybridized carbons (Fsp3) is 0.810. The maximum Gasteiger partial charge on any atom is 0.147 e. The topological polar surface area (TPSA) is 67.9 Å². The Bertz CT molecular complexity index is 464. The molecule has 0 bridgehead atoms. The van der Waals surface area contributed by atoms with Crippen LogP contribution in [-0.2, 0) is 33.2 Å². The molecule has 0 aromatic carbocycles. The molecule has 0 N–H and O–H groups in total. The summed E-state index contributed by atoms with van der Waals surface area (Å²) >= 11 is 0. The molecule has 1 rings (SSSR count). The van der Waals surface area contributed by atoms with Gasteiger partial charge in [-0.05, 0) is 19.1 Å². The highest BCUT2D eigenvalue weighted by atomic mass is 16.6. The smallest absolute Gasteiger partial charge is 0.147 e. The fourth-order valence-corrected chi connectivity index (χ4v) is 2.91. The van der Waals surface area contributed by atoms with E-state index in [1.165, 1.54) is 0 Å². The van der Waals surface area contributed by atoms with Gasteiger partial charge in [-0.3, -0.25) is 4.90 Å². The second-order valence-electron chi connectivity index (χ2n) is 6.82. The largest absolute Gasteiger partial charge is 0.498 e. The van der Waals surface area contributed by atoms with Gasteiger partial charge in [-0.25, -0.2) is 0 Å².